The van der Waals surface area contributed by atoms with Gasteiger partial charge in [0.2, 0.25) is 0 Å². The summed E-state index contributed by atoms with van der Waals surface area (Å²) in [6.45, 7) is 3.63. The van der Waals surface area contributed by atoms with Gasteiger partial charge >= 0.3 is 6.03 Å². The summed E-state index contributed by atoms with van der Waals surface area (Å²) in [6, 6.07) is 8.85. The highest BCUT2D eigenvalue weighted by molar-refractivity contribution is 7.84. The first-order valence-electron chi connectivity index (χ1n) is 7.73. The molecule has 0 radical (unpaired) electrons. The van der Waals surface area contributed by atoms with E-state index in [1.54, 1.807) is 41.7 Å². The van der Waals surface area contributed by atoms with Crippen molar-refractivity contribution in [1.29, 1.82) is 0 Å². The Morgan fingerprint density at radius 3 is 2.75 bits per heavy atom. The first kappa shape index (κ1) is 16.7. The fourth-order valence-corrected chi connectivity index (χ4v) is 3.18. The molecule has 2 aromatic rings. The number of nitrogens with one attached hydrogen (secondary N) is 1. The average molecular weight is 348 g/mol. The summed E-state index contributed by atoms with van der Waals surface area (Å²) in [4.78, 5) is 17.1. The van der Waals surface area contributed by atoms with Gasteiger partial charge in [-0.1, -0.05) is 11.2 Å². The summed E-state index contributed by atoms with van der Waals surface area (Å²) >= 11 is 0. The molecule has 1 aliphatic heterocycles. The first-order valence-corrected chi connectivity index (χ1v) is 9.28. The first-order chi connectivity index (χ1) is 11.6. The summed E-state index contributed by atoms with van der Waals surface area (Å²) in [5, 5.41) is 6.78. The van der Waals surface area contributed by atoms with Crippen LogP contribution in [0.25, 0.3) is 0 Å². The van der Waals surface area contributed by atoms with Crippen LogP contribution in [0.3, 0.4) is 0 Å². The molecule has 2 amide bonds. The lowest BCUT2D eigenvalue weighted by Crippen LogP contribution is -2.49. The molecule has 24 heavy (non-hydrogen) atoms. The second-order valence-corrected chi connectivity index (χ2v) is 7.05. The molecule has 0 saturated carbocycles. The Morgan fingerprint density at radius 1 is 1.29 bits per heavy atom. The number of piperazine rings is 1. The molecule has 7 nitrogen and oxygen atoms in total. The lowest BCUT2D eigenvalue weighted by Gasteiger charge is -2.34. The van der Waals surface area contributed by atoms with E-state index in [4.69, 9.17) is 4.52 Å². The molecule has 128 valence electrons. The number of carbonyl (C=O) groups excluding carboxylic acids is 1. The van der Waals surface area contributed by atoms with E-state index in [0.29, 0.717) is 23.7 Å². The van der Waals surface area contributed by atoms with E-state index in [9.17, 15) is 9.00 Å². The number of carbonyl (C=O) groups is 1. The number of aromatic nitrogens is 1. The molecular weight excluding hydrogens is 328 g/mol. The summed E-state index contributed by atoms with van der Waals surface area (Å²) in [6.07, 6.45) is 3.19. The van der Waals surface area contributed by atoms with E-state index in [1.807, 2.05) is 6.07 Å². The number of rotatable bonds is 4. The van der Waals surface area contributed by atoms with Crippen LogP contribution in [0.5, 0.6) is 0 Å². The summed E-state index contributed by atoms with van der Waals surface area (Å²) < 4.78 is 16.4. The Labute approximate surface area is 143 Å². The number of amides is 2. The van der Waals surface area contributed by atoms with E-state index in [-0.39, 0.29) is 6.03 Å². The number of hydrogen-bond donors (Lipinski definition) is 1. The third-order valence-electron chi connectivity index (χ3n) is 3.95. The highest BCUT2D eigenvalue weighted by Crippen LogP contribution is 2.15. The molecule has 0 spiro atoms. The van der Waals surface area contributed by atoms with Crippen LogP contribution in [-0.2, 0) is 17.3 Å². The molecule has 1 fully saturated rings. The molecule has 1 N–H and O–H groups in total. The van der Waals surface area contributed by atoms with E-state index < -0.39 is 10.8 Å². The molecule has 2 heterocycles. The van der Waals surface area contributed by atoms with Crippen molar-refractivity contribution >= 4 is 22.5 Å². The standard InChI is InChI=1S/C16H20N4O3S/c1-24(22)15-4-2-3-13(11-15)17-16(21)20-8-6-19(7-9-20)12-14-5-10-23-18-14/h2-5,10-11H,6-9,12H2,1H3,(H,17,21). The van der Waals surface area contributed by atoms with Crippen LogP contribution in [-0.4, -0.2) is 57.6 Å². The van der Waals surface area contributed by atoms with Gasteiger partial charge in [0.05, 0.1) is 5.69 Å². The summed E-state index contributed by atoms with van der Waals surface area (Å²) in [5.41, 5.74) is 1.56. The third-order valence-corrected chi connectivity index (χ3v) is 4.87. The van der Waals surface area contributed by atoms with E-state index in [2.05, 4.69) is 15.4 Å². The maximum Gasteiger partial charge on any atom is 0.321 e. The Hall–Kier alpha value is -2.19. The van der Waals surface area contributed by atoms with Gasteiger partial charge in [-0.2, -0.15) is 0 Å². The highest BCUT2D eigenvalue weighted by Gasteiger charge is 2.21. The Balaban J connectivity index is 1.52. The quantitative estimate of drug-likeness (QED) is 0.911. The average Bonchev–Trinajstić information content (AvgIpc) is 3.08. The van der Waals surface area contributed by atoms with Gasteiger partial charge in [0, 0.05) is 66.4 Å². The van der Waals surface area contributed by atoms with Gasteiger partial charge in [0.1, 0.15) is 6.26 Å². The molecule has 1 unspecified atom stereocenters. The second kappa shape index (κ2) is 7.59. The summed E-state index contributed by atoms with van der Waals surface area (Å²) in [7, 11) is -1.06. The molecule has 1 aliphatic rings. The zero-order valence-corrected chi connectivity index (χ0v) is 14.3. The molecule has 1 saturated heterocycles. The molecule has 1 aromatic heterocycles. The molecule has 1 aromatic carbocycles. The van der Waals surface area contributed by atoms with Crippen molar-refractivity contribution in [3.63, 3.8) is 0 Å². The van der Waals surface area contributed by atoms with Crippen LogP contribution in [0.2, 0.25) is 0 Å². The zero-order valence-electron chi connectivity index (χ0n) is 13.5. The Kier molecular flexibility index (Phi) is 5.27. The summed E-state index contributed by atoms with van der Waals surface area (Å²) in [5.74, 6) is 0. The van der Waals surface area contributed by atoms with Crippen molar-refractivity contribution in [3.05, 3.63) is 42.3 Å². The van der Waals surface area contributed by atoms with Gasteiger partial charge in [-0.3, -0.25) is 9.11 Å². The van der Waals surface area contributed by atoms with Crippen LogP contribution in [0, 0.1) is 0 Å². The minimum absolute atomic E-state index is 0.130. The smallest absolute Gasteiger partial charge is 0.321 e. The number of nitrogens with zero attached hydrogens (tertiary/aromatic N) is 3. The van der Waals surface area contributed by atoms with Gasteiger partial charge in [0.25, 0.3) is 0 Å². The van der Waals surface area contributed by atoms with Gasteiger partial charge in [0.15, 0.2) is 0 Å². The Morgan fingerprint density at radius 2 is 2.08 bits per heavy atom. The van der Waals surface area contributed by atoms with Crippen LogP contribution in [0.15, 0.2) is 46.0 Å². The van der Waals surface area contributed by atoms with Crippen LogP contribution >= 0.6 is 0 Å². The van der Waals surface area contributed by atoms with Crippen LogP contribution in [0.4, 0.5) is 10.5 Å². The fraction of sp³-hybridized carbons (Fsp3) is 0.375. The van der Waals surface area contributed by atoms with Gasteiger partial charge in [-0.05, 0) is 18.2 Å². The van der Waals surface area contributed by atoms with E-state index >= 15 is 0 Å². The predicted molar refractivity (Wildman–Crippen MR) is 91.1 cm³/mol. The predicted octanol–water partition coefficient (Wildman–Crippen LogP) is 1.76. The molecule has 8 heteroatoms. The van der Waals surface area contributed by atoms with Crippen molar-refractivity contribution in [2.75, 3.05) is 37.8 Å². The van der Waals surface area contributed by atoms with E-state index in [0.717, 1.165) is 25.3 Å². The minimum Gasteiger partial charge on any atom is -0.364 e. The highest BCUT2D eigenvalue weighted by atomic mass is 32.2. The van der Waals surface area contributed by atoms with Crippen molar-refractivity contribution < 1.29 is 13.5 Å². The number of hydrogen-bond acceptors (Lipinski definition) is 5. The second-order valence-electron chi connectivity index (χ2n) is 5.67. The van der Waals surface area contributed by atoms with Crippen molar-refractivity contribution in [2.45, 2.75) is 11.4 Å². The van der Waals surface area contributed by atoms with Gasteiger partial charge in [-0.15, -0.1) is 0 Å². The maximum atomic E-state index is 12.4. The maximum absolute atomic E-state index is 12.4. The minimum atomic E-state index is -1.06. The van der Waals surface area contributed by atoms with Gasteiger partial charge < -0.3 is 14.7 Å². The van der Waals surface area contributed by atoms with Gasteiger partial charge in [-0.25, -0.2) is 4.79 Å². The molecule has 1 atom stereocenters. The molecular formula is C16H20N4O3S. The van der Waals surface area contributed by atoms with E-state index in [1.165, 1.54) is 0 Å². The zero-order chi connectivity index (χ0) is 16.9. The largest absolute Gasteiger partial charge is 0.364 e. The van der Waals surface area contributed by atoms with Crippen molar-refractivity contribution in [3.8, 4) is 0 Å². The normalized spacial score (nSPS) is 16.8. The third kappa shape index (κ3) is 4.21. The number of benzene rings is 1. The Bertz CT molecular complexity index is 712. The SMILES string of the molecule is CS(=O)c1cccc(NC(=O)N2CCN(Cc3ccon3)CC2)c1. The van der Waals surface area contributed by atoms with Crippen molar-refractivity contribution in [2.24, 2.45) is 0 Å². The molecule has 0 bridgehead atoms. The lowest BCUT2D eigenvalue weighted by molar-refractivity contribution is 0.141. The lowest BCUT2D eigenvalue weighted by atomic mass is 10.3. The number of urea groups is 1. The molecule has 3 rings (SSSR count). The van der Waals surface area contributed by atoms with Crippen molar-refractivity contribution in [1.82, 2.24) is 15.0 Å². The van der Waals surface area contributed by atoms with Crippen LogP contribution in [0.1, 0.15) is 5.69 Å². The fourth-order valence-electron chi connectivity index (χ4n) is 2.61. The van der Waals surface area contributed by atoms with Crippen LogP contribution < -0.4 is 5.32 Å². The monoisotopic (exact) mass is 348 g/mol. The molecule has 0 aliphatic carbocycles. The topological polar surface area (TPSA) is 78.7 Å². The number of anilines is 1.